The van der Waals surface area contributed by atoms with Crippen LogP contribution >= 0.6 is 0 Å². The van der Waals surface area contributed by atoms with Gasteiger partial charge in [0.05, 0.1) is 26.4 Å². The lowest BCUT2D eigenvalue weighted by Crippen LogP contribution is -3.16. The minimum atomic E-state index is -0.141. The van der Waals surface area contributed by atoms with Crippen molar-refractivity contribution in [3.05, 3.63) is 0 Å². The van der Waals surface area contributed by atoms with E-state index in [1.807, 2.05) is 0 Å². The molecule has 0 bridgehead atoms. The van der Waals surface area contributed by atoms with Gasteiger partial charge in [0, 0.05) is 0 Å². The molecule has 0 unspecified atom stereocenters. The molecule has 8 heteroatoms. The third-order valence-electron chi connectivity index (χ3n) is 4.32. The second-order valence-electron chi connectivity index (χ2n) is 5.84. The molecule has 21 heavy (non-hydrogen) atoms. The number of quaternary nitrogens is 2. The van der Waals surface area contributed by atoms with Crippen molar-refractivity contribution >= 4 is 11.9 Å². The van der Waals surface area contributed by atoms with Crippen LogP contribution in [0, 0.1) is 0 Å². The zero-order valence-corrected chi connectivity index (χ0v) is 12.3. The van der Waals surface area contributed by atoms with Gasteiger partial charge in [-0.2, -0.15) is 0 Å². The molecular formula is C13H24N4O4+2. The van der Waals surface area contributed by atoms with Crippen LogP contribution < -0.4 is 9.80 Å². The zero-order valence-electron chi connectivity index (χ0n) is 12.3. The predicted octanol–water partition coefficient (Wildman–Crippen LogP) is -4.00. The molecule has 0 saturated carbocycles. The van der Waals surface area contributed by atoms with Gasteiger partial charge in [0.1, 0.15) is 32.7 Å². The van der Waals surface area contributed by atoms with Gasteiger partial charge in [-0.15, -0.1) is 0 Å². The minimum absolute atomic E-state index is 0.0772. The van der Waals surface area contributed by atoms with Crippen LogP contribution in [0.3, 0.4) is 0 Å². The summed E-state index contributed by atoms with van der Waals surface area (Å²) in [5.74, 6) is -0.0772. The molecule has 0 aromatic rings. The predicted molar refractivity (Wildman–Crippen MR) is 71.7 cm³/mol. The molecule has 2 N–H and O–H groups in total. The van der Waals surface area contributed by atoms with Gasteiger partial charge >= 0.3 is 6.03 Å². The lowest BCUT2D eigenvalue weighted by molar-refractivity contribution is -0.917. The maximum atomic E-state index is 12.4. The first-order valence-electron chi connectivity index (χ1n) is 7.66. The molecule has 8 nitrogen and oxygen atoms in total. The highest BCUT2D eigenvalue weighted by atomic mass is 16.5. The Kier molecular flexibility index (Phi) is 4.69. The Morgan fingerprint density at radius 3 is 1.95 bits per heavy atom. The summed E-state index contributed by atoms with van der Waals surface area (Å²) in [6, 6.07) is -0.141. The number of amides is 3. The first-order chi connectivity index (χ1) is 10.2. The third kappa shape index (κ3) is 3.52. The van der Waals surface area contributed by atoms with Crippen LogP contribution in [0.15, 0.2) is 0 Å². The smallest absolute Gasteiger partial charge is 0.336 e. The van der Waals surface area contributed by atoms with Crippen LogP contribution in [-0.4, -0.2) is 94.2 Å². The van der Waals surface area contributed by atoms with E-state index in [0.717, 1.165) is 39.4 Å². The number of hydrogen-bond acceptors (Lipinski definition) is 4. The Labute approximate surface area is 124 Å². The molecule has 0 spiro atoms. The quantitative estimate of drug-likeness (QED) is 0.519. The van der Waals surface area contributed by atoms with E-state index in [2.05, 4.69) is 0 Å². The Balaban J connectivity index is 1.53. The van der Waals surface area contributed by atoms with Crippen molar-refractivity contribution < 1.29 is 28.9 Å². The molecule has 3 rings (SSSR count). The summed E-state index contributed by atoms with van der Waals surface area (Å²) >= 11 is 0. The topological polar surface area (TPSA) is 68.0 Å². The van der Waals surface area contributed by atoms with Gasteiger partial charge in [0.25, 0.3) is 5.91 Å². The zero-order chi connectivity index (χ0) is 14.7. The lowest BCUT2D eigenvalue weighted by atomic mass is 10.4. The summed E-state index contributed by atoms with van der Waals surface area (Å²) < 4.78 is 10.6. The highest BCUT2D eigenvalue weighted by Gasteiger charge is 2.40. The van der Waals surface area contributed by atoms with E-state index in [-0.39, 0.29) is 18.5 Å². The maximum absolute atomic E-state index is 12.4. The molecule has 118 valence electrons. The van der Waals surface area contributed by atoms with E-state index in [4.69, 9.17) is 9.47 Å². The van der Waals surface area contributed by atoms with Gasteiger partial charge in [-0.05, 0) is 0 Å². The fraction of sp³-hybridized carbons (Fsp3) is 0.846. The molecule has 0 radical (unpaired) electrons. The van der Waals surface area contributed by atoms with Crippen molar-refractivity contribution in [1.82, 2.24) is 9.80 Å². The Hall–Kier alpha value is -1.22. The number of nitrogens with one attached hydrogen (secondary N) is 2. The standard InChI is InChI=1S/C13H22N4O4/c18-12-9-16(10-14-1-5-20-6-2-14)13(19)17(12)11-15-3-7-21-8-4-15/h1-11H2/p+2. The second kappa shape index (κ2) is 6.69. The molecule has 3 aliphatic rings. The van der Waals surface area contributed by atoms with Gasteiger partial charge in [-0.25, -0.2) is 9.69 Å². The monoisotopic (exact) mass is 300 g/mol. The maximum Gasteiger partial charge on any atom is 0.336 e. The number of urea groups is 1. The summed E-state index contributed by atoms with van der Waals surface area (Å²) in [5, 5.41) is 0. The second-order valence-corrected chi connectivity index (χ2v) is 5.84. The van der Waals surface area contributed by atoms with Crippen molar-refractivity contribution in [2.75, 3.05) is 72.5 Å². The molecule has 0 aromatic heterocycles. The Bertz CT molecular complexity index is 394. The van der Waals surface area contributed by atoms with Crippen molar-refractivity contribution in [2.24, 2.45) is 0 Å². The molecule has 0 atom stereocenters. The SMILES string of the molecule is O=C1CN(C[NH+]2CCOCC2)C(=O)N1C[NH+]1CCOCC1. The first kappa shape index (κ1) is 14.7. The van der Waals surface area contributed by atoms with Gasteiger partial charge in [-0.1, -0.05) is 0 Å². The number of rotatable bonds is 4. The van der Waals surface area contributed by atoms with Crippen LogP contribution in [-0.2, 0) is 14.3 Å². The molecule has 3 aliphatic heterocycles. The number of morpholine rings is 2. The van der Waals surface area contributed by atoms with Gasteiger partial charge in [0.2, 0.25) is 0 Å². The summed E-state index contributed by atoms with van der Waals surface area (Å²) in [6.45, 7) is 7.64. The number of carbonyl (C=O) groups excluding carboxylic acids is 2. The van der Waals surface area contributed by atoms with Crippen LogP contribution in [0.2, 0.25) is 0 Å². The van der Waals surface area contributed by atoms with Gasteiger partial charge in [-0.3, -0.25) is 9.69 Å². The Morgan fingerprint density at radius 1 is 0.857 bits per heavy atom. The average molecular weight is 300 g/mol. The van der Waals surface area contributed by atoms with Crippen molar-refractivity contribution in [3.8, 4) is 0 Å². The number of ether oxygens (including phenoxy) is 2. The van der Waals surface area contributed by atoms with Crippen LogP contribution in [0.1, 0.15) is 0 Å². The third-order valence-corrected chi connectivity index (χ3v) is 4.32. The largest absolute Gasteiger partial charge is 0.370 e. The van der Waals surface area contributed by atoms with E-state index in [9.17, 15) is 9.59 Å². The Morgan fingerprint density at radius 2 is 1.38 bits per heavy atom. The lowest BCUT2D eigenvalue weighted by Gasteiger charge is -2.28. The first-order valence-corrected chi connectivity index (χ1v) is 7.66. The van der Waals surface area contributed by atoms with Gasteiger partial charge in [0.15, 0.2) is 13.3 Å². The number of imide groups is 1. The molecule has 3 saturated heterocycles. The van der Waals surface area contributed by atoms with E-state index in [1.54, 1.807) is 4.90 Å². The van der Waals surface area contributed by atoms with Crippen molar-refractivity contribution in [3.63, 3.8) is 0 Å². The van der Waals surface area contributed by atoms with E-state index in [0.29, 0.717) is 26.6 Å². The van der Waals surface area contributed by atoms with Crippen molar-refractivity contribution in [1.29, 1.82) is 0 Å². The fourth-order valence-electron chi connectivity index (χ4n) is 3.00. The number of carbonyl (C=O) groups is 2. The highest BCUT2D eigenvalue weighted by molar-refractivity contribution is 6.01. The molecule has 3 amide bonds. The fourth-order valence-corrected chi connectivity index (χ4v) is 3.00. The summed E-state index contributed by atoms with van der Waals surface area (Å²) in [5.41, 5.74) is 0. The molecular weight excluding hydrogens is 276 g/mol. The molecule has 0 aliphatic carbocycles. The summed E-state index contributed by atoms with van der Waals surface area (Å²) in [7, 11) is 0. The van der Waals surface area contributed by atoms with E-state index >= 15 is 0 Å². The average Bonchev–Trinajstić information content (AvgIpc) is 2.77. The highest BCUT2D eigenvalue weighted by Crippen LogP contribution is 2.06. The van der Waals surface area contributed by atoms with E-state index < -0.39 is 0 Å². The molecule has 3 heterocycles. The molecule has 0 aromatic carbocycles. The molecule has 3 fully saturated rings. The van der Waals surface area contributed by atoms with E-state index in [1.165, 1.54) is 14.7 Å². The minimum Gasteiger partial charge on any atom is -0.370 e. The van der Waals surface area contributed by atoms with Crippen LogP contribution in [0.5, 0.6) is 0 Å². The number of nitrogens with zero attached hydrogens (tertiary/aromatic N) is 2. The van der Waals surface area contributed by atoms with Crippen molar-refractivity contribution in [2.45, 2.75) is 0 Å². The normalized spacial score (nSPS) is 25.9. The summed E-state index contributed by atoms with van der Waals surface area (Å²) in [6.07, 6.45) is 0. The van der Waals surface area contributed by atoms with Crippen LogP contribution in [0.4, 0.5) is 4.79 Å². The number of hydrogen-bond donors (Lipinski definition) is 2. The van der Waals surface area contributed by atoms with Crippen LogP contribution in [0.25, 0.3) is 0 Å². The van der Waals surface area contributed by atoms with Gasteiger partial charge < -0.3 is 19.3 Å². The summed E-state index contributed by atoms with van der Waals surface area (Å²) in [4.78, 5) is 30.1.